The summed E-state index contributed by atoms with van der Waals surface area (Å²) in [7, 11) is 0. The van der Waals surface area contributed by atoms with Gasteiger partial charge in [-0.25, -0.2) is 21.9 Å². The van der Waals surface area contributed by atoms with Gasteiger partial charge < -0.3 is 4.79 Å². The van der Waals surface area contributed by atoms with Gasteiger partial charge in [-0.2, -0.15) is 0 Å². The molecule has 0 spiro atoms. The molecule has 0 saturated heterocycles. The van der Waals surface area contributed by atoms with Crippen LogP contribution in [-0.2, 0) is 11.3 Å². The van der Waals surface area contributed by atoms with Crippen LogP contribution < -0.4 is 0 Å². The van der Waals surface area contributed by atoms with Gasteiger partial charge in [0.2, 0.25) is 0 Å². The molecule has 0 amide bonds. The van der Waals surface area contributed by atoms with Crippen molar-refractivity contribution in [2.45, 2.75) is 18.4 Å². The Morgan fingerprint density at radius 2 is 1.70 bits per heavy atom. The van der Waals surface area contributed by atoms with E-state index >= 15 is 0 Å². The fraction of sp³-hybridized carbons (Fsp3) is 0.188. The Balaban J connectivity index is 2.22. The predicted octanol–water partition coefficient (Wildman–Crippen LogP) is 4.26. The lowest BCUT2D eigenvalue weighted by atomic mass is 10.2. The van der Waals surface area contributed by atoms with Gasteiger partial charge in [-0.1, -0.05) is 17.7 Å². The minimum absolute atomic E-state index is 0.0847. The fourth-order valence-corrected chi connectivity index (χ4v) is 2.79. The summed E-state index contributed by atoms with van der Waals surface area (Å²) < 4.78 is 54.7. The normalized spacial score (nSPS) is 11.0. The molecular weight excluding hydrogens is 330 g/mol. The molecule has 0 aliphatic heterocycles. The van der Waals surface area contributed by atoms with Crippen molar-refractivity contribution in [3.05, 3.63) is 64.7 Å². The van der Waals surface area contributed by atoms with E-state index in [2.05, 4.69) is 0 Å². The van der Waals surface area contributed by atoms with Gasteiger partial charge in [-0.05, 0) is 37.1 Å². The minimum Gasteiger partial charge on any atom is -0.302 e. The molecule has 2 nitrogen and oxygen atoms in total. The number of nitrogens with zero attached hydrogens (tertiary/aromatic N) is 1. The van der Waals surface area contributed by atoms with Gasteiger partial charge >= 0.3 is 0 Å². The Bertz CT molecular complexity index is 706. The maximum atomic E-state index is 13.7. The maximum Gasteiger partial charge on any atom is 0.197 e. The highest BCUT2D eigenvalue weighted by Crippen LogP contribution is 2.27. The number of halogens is 4. The Hall–Kier alpha value is -1.86. The van der Waals surface area contributed by atoms with Crippen LogP contribution in [0, 0.1) is 30.2 Å². The van der Waals surface area contributed by atoms with E-state index in [1.807, 2.05) is 19.1 Å². The lowest BCUT2D eigenvalue weighted by Gasteiger charge is -2.19. The number of carbonyl (C=O) groups is 1. The first-order valence-electron chi connectivity index (χ1n) is 6.67. The molecule has 0 aliphatic carbocycles. The highest BCUT2D eigenvalue weighted by Gasteiger charge is 2.20. The number of carbonyl (C=O) groups excluding carboxylic acids is 1. The van der Waals surface area contributed by atoms with Crippen molar-refractivity contribution in [1.82, 2.24) is 4.31 Å². The highest BCUT2D eigenvalue weighted by molar-refractivity contribution is 7.97. The Kier molecular flexibility index (Phi) is 5.79. The van der Waals surface area contributed by atoms with E-state index in [1.165, 1.54) is 4.31 Å². The predicted molar refractivity (Wildman–Crippen MR) is 79.8 cm³/mol. The molecule has 0 aliphatic rings. The Labute approximate surface area is 135 Å². The van der Waals surface area contributed by atoms with Crippen molar-refractivity contribution in [1.29, 1.82) is 0 Å². The molecule has 2 aromatic rings. The van der Waals surface area contributed by atoms with Crippen molar-refractivity contribution in [2.75, 3.05) is 6.54 Å². The zero-order valence-electron chi connectivity index (χ0n) is 12.2. The molecule has 7 heteroatoms. The quantitative estimate of drug-likeness (QED) is 0.257. The Morgan fingerprint density at radius 1 is 1.04 bits per heavy atom. The molecule has 0 radical (unpaired) electrons. The summed E-state index contributed by atoms with van der Waals surface area (Å²) in [5, 5.41) is 0. The average molecular weight is 343 g/mol. The summed E-state index contributed by atoms with van der Waals surface area (Å²) in [6.07, 6.45) is 0.593. The molecule has 0 aromatic heterocycles. The van der Waals surface area contributed by atoms with Crippen LogP contribution in [0.25, 0.3) is 0 Å². The standard InChI is InChI=1S/C16H13F4NOS/c1-10-2-4-12(5-3-10)23-21(6-7-22)9-11-8-13(17)15(19)16(20)14(11)18/h2-5,7-8H,6,9H2,1H3. The molecule has 0 unspecified atom stereocenters. The highest BCUT2D eigenvalue weighted by atomic mass is 32.2. The van der Waals surface area contributed by atoms with Crippen LogP contribution in [0.5, 0.6) is 0 Å². The Morgan fingerprint density at radius 3 is 2.30 bits per heavy atom. The smallest absolute Gasteiger partial charge is 0.197 e. The molecule has 0 heterocycles. The van der Waals surface area contributed by atoms with Crippen LogP contribution in [0.1, 0.15) is 11.1 Å². The van der Waals surface area contributed by atoms with Gasteiger partial charge in [0, 0.05) is 17.0 Å². The largest absolute Gasteiger partial charge is 0.302 e. The molecule has 0 atom stereocenters. The van der Waals surface area contributed by atoms with Crippen LogP contribution in [0.4, 0.5) is 17.6 Å². The van der Waals surface area contributed by atoms with Gasteiger partial charge in [-0.15, -0.1) is 0 Å². The van der Waals surface area contributed by atoms with E-state index in [0.29, 0.717) is 12.4 Å². The molecule has 2 aromatic carbocycles. The van der Waals surface area contributed by atoms with Crippen molar-refractivity contribution >= 4 is 18.2 Å². The van der Waals surface area contributed by atoms with E-state index < -0.39 is 23.3 Å². The van der Waals surface area contributed by atoms with Crippen molar-refractivity contribution in [3.8, 4) is 0 Å². The topological polar surface area (TPSA) is 20.3 Å². The van der Waals surface area contributed by atoms with Gasteiger partial charge in [0.1, 0.15) is 6.29 Å². The summed E-state index contributed by atoms with van der Waals surface area (Å²) in [6.45, 7) is 1.58. The zero-order chi connectivity index (χ0) is 17.0. The average Bonchev–Trinajstić information content (AvgIpc) is 2.53. The van der Waals surface area contributed by atoms with E-state index in [0.717, 1.165) is 22.4 Å². The zero-order valence-corrected chi connectivity index (χ0v) is 13.0. The lowest BCUT2D eigenvalue weighted by Crippen LogP contribution is -2.19. The van der Waals surface area contributed by atoms with Crippen molar-refractivity contribution < 1.29 is 22.4 Å². The number of aldehydes is 1. The summed E-state index contributed by atoms with van der Waals surface area (Å²) in [5.41, 5.74) is 0.688. The van der Waals surface area contributed by atoms with Gasteiger partial charge in [0.15, 0.2) is 23.3 Å². The first kappa shape index (κ1) is 17.5. The summed E-state index contributed by atoms with van der Waals surface area (Å²) in [5.74, 6) is -6.62. The van der Waals surface area contributed by atoms with Crippen LogP contribution in [0.15, 0.2) is 35.2 Å². The minimum atomic E-state index is -1.86. The van der Waals surface area contributed by atoms with E-state index in [9.17, 15) is 22.4 Å². The van der Waals surface area contributed by atoms with Gasteiger partial charge in [0.25, 0.3) is 0 Å². The second-order valence-corrected chi connectivity index (χ2v) is 6.02. The van der Waals surface area contributed by atoms with E-state index in [-0.39, 0.29) is 18.7 Å². The van der Waals surface area contributed by atoms with Crippen LogP contribution in [-0.4, -0.2) is 17.1 Å². The molecule has 23 heavy (non-hydrogen) atoms. The fourth-order valence-electron chi connectivity index (χ4n) is 1.89. The van der Waals surface area contributed by atoms with Crippen LogP contribution in [0.3, 0.4) is 0 Å². The van der Waals surface area contributed by atoms with Crippen LogP contribution >= 0.6 is 11.9 Å². The number of hydrogen-bond acceptors (Lipinski definition) is 3. The molecule has 0 saturated carbocycles. The number of aryl methyl sites for hydroxylation is 1. The van der Waals surface area contributed by atoms with Crippen molar-refractivity contribution in [2.24, 2.45) is 0 Å². The molecule has 122 valence electrons. The number of benzene rings is 2. The lowest BCUT2D eigenvalue weighted by molar-refractivity contribution is -0.108. The third-order valence-corrected chi connectivity index (χ3v) is 4.08. The number of hydrogen-bond donors (Lipinski definition) is 0. The third-order valence-electron chi connectivity index (χ3n) is 3.06. The first-order valence-corrected chi connectivity index (χ1v) is 7.44. The SMILES string of the molecule is Cc1ccc(SN(CC=O)Cc2cc(F)c(F)c(F)c2F)cc1. The summed E-state index contributed by atoms with van der Waals surface area (Å²) >= 11 is 1.14. The van der Waals surface area contributed by atoms with Crippen LogP contribution in [0.2, 0.25) is 0 Å². The van der Waals surface area contributed by atoms with E-state index in [4.69, 9.17) is 0 Å². The van der Waals surface area contributed by atoms with Gasteiger partial charge in [0.05, 0.1) is 6.54 Å². The molecule has 2 rings (SSSR count). The third kappa shape index (κ3) is 4.33. The maximum absolute atomic E-state index is 13.7. The first-order chi connectivity index (χ1) is 10.9. The van der Waals surface area contributed by atoms with Crippen molar-refractivity contribution in [3.63, 3.8) is 0 Å². The molecular formula is C16H13F4NOS. The number of rotatable bonds is 6. The van der Waals surface area contributed by atoms with E-state index in [1.54, 1.807) is 12.1 Å². The monoisotopic (exact) mass is 343 g/mol. The van der Waals surface area contributed by atoms with Gasteiger partial charge in [-0.3, -0.25) is 0 Å². The second-order valence-electron chi connectivity index (χ2n) is 4.85. The second kappa shape index (κ2) is 7.61. The molecule has 0 bridgehead atoms. The molecule has 0 fully saturated rings. The summed E-state index contributed by atoms with van der Waals surface area (Å²) in [4.78, 5) is 11.5. The molecule has 0 N–H and O–H groups in total. The summed E-state index contributed by atoms with van der Waals surface area (Å²) in [6, 6.07) is 7.93.